The third kappa shape index (κ3) is 3.25. The molecule has 0 radical (unpaired) electrons. The van der Waals surface area contributed by atoms with Crippen molar-refractivity contribution < 1.29 is 9.59 Å². The van der Waals surface area contributed by atoms with Gasteiger partial charge in [-0.05, 0) is 33.5 Å². The van der Waals surface area contributed by atoms with Crippen LogP contribution in [0.5, 0.6) is 0 Å². The molecule has 0 spiro atoms. The van der Waals surface area contributed by atoms with Crippen molar-refractivity contribution in [2.45, 2.75) is 18.9 Å². The van der Waals surface area contributed by atoms with Gasteiger partial charge in [-0.3, -0.25) is 14.5 Å². The topological polar surface area (TPSA) is 55.9 Å². The van der Waals surface area contributed by atoms with Crippen molar-refractivity contribution in [2.75, 3.05) is 53.4 Å². The molecule has 0 aromatic rings. The number of nitrogens with one attached hydrogen (secondary N) is 1. The lowest BCUT2D eigenvalue weighted by atomic mass is 10.1. The van der Waals surface area contributed by atoms with Gasteiger partial charge >= 0.3 is 0 Å². The molecule has 0 aromatic heterocycles. The number of hydrogen-bond acceptors (Lipinski definition) is 4. The molecule has 2 amide bonds. The van der Waals surface area contributed by atoms with Gasteiger partial charge in [0, 0.05) is 26.2 Å². The number of rotatable bonds is 3. The molecule has 2 aliphatic heterocycles. The van der Waals surface area contributed by atoms with Crippen LogP contribution >= 0.6 is 0 Å². The second kappa shape index (κ2) is 6.34. The van der Waals surface area contributed by atoms with Crippen LogP contribution in [0.2, 0.25) is 0 Å². The van der Waals surface area contributed by atoms with Crippen molar-refractivity contribution in [1.82, 2.24) is 20.0 Å². The average Bonchev–Trinajstić information content (AvgIpc) is 2.84. The Kier molecular flexibility index (Phi) is 4.76. The van der Waals surface area contributed by atoms with Crippen molar-refractivity contribution in [3.05, 3.63) is 0 Å². The molecule has 2 saturated heterocycles. The summed E-state index contributed by atoms with van der Waals surface area (Å²) in [5.74, 6) is 0.355. The molecule has 2 aliphatic rings. The lowest BCUT2D eigenvalue weighted by Gasteiger charge is -2.36. The van der Waals surface area contributed by atoms with Gasteiger partial charge in [0.25, 0.3) is 0 Å². The fourth-order valence-corrected chi connectivity index (χ4v) is 2.87. The van der Waals surface area contributed by atoms with Crippen molar-refractivity contribution >= 4 is 11.8 Å². The predicted octanol–water partition coefficient (Wildman–Crippen LogP) is -1.03. The minimum Gasteiger partial charge on any atom is -0.338 e. The van der Waals surface area contributed by atoms with E-state index in [9.17, 15) is 9.59 Å². The molecule has 1 N–H and O–H groups in total. The Balaban J connectivity index is 1.82. The van der Waals surface area contributed by atoms with E-state index in [-0.39, 0.29) is 17.9 Å². The maximum atomic E-state index is 12.4. The number of piperazine rings is 1. The first-order chi connectivity index (χ1) is 9.13. The Labute approximate surface area is 114 Å². The van der Waals surface area contributed by atoms with E-state index in [2.05, 4.69) is 10.2 Å². The van der Waals surface area contributed by atoms with Crippen LogP contribution in [0.4, 0.5) is 0 Å². The lowest BCUT2D eigenvalue weighted by molar-refractivity contribution is -0.141. The quantitative estimate of drug-likeness (QED) is 0.711. The van der Waals surface area contributed by atoms with Gasteiger partial charge in [0.15, 0.2) is 0 Å². The maximum absolute atomic E-state index is 12.4. The smallest absolute Gasteiger partial charge is 0.240 e. The zero-order valence-corrected chi connectivity index (χ0v) is 11.9. The second-order valence-electron chi connectivity index (χ2n) is 5.38. The van der Waals surface area contributed by atoms with Crippen molar-refractivity contribution in [3.63, 3.8) is 0 Å². The van der Waals surface area contributed by atoms with Gasteiger partial charge in [-0.2, -0.15) is 0 Å². The first-order valence-electron chi connectivity index (χ1n) is 7.05. The predicted molar refractivity (Wildman–Crippen MR) is 72.7 cm³/mol. The molecule has 1 atom stereocenters. The Morgan fingerprint density at radius 3 is 2.26 bits per heavy atom. The average molecular weight is 268 g/mol. The van der Waals surface area contributed by atoms with Gasteiger partial charge in [0.2, 0.25) is 11.8 Å². The molecular weight excluding hydrogens is 244 g/mol. The number of hydrogen-bond donors (Lipinski definition) is 1. The van der Waals surface area contributed by atoms with E-state index in [1.54, 1.807) is 7.05 Å². The molecule has 0 aliphatic carbocycles. The number of amides is 2. The van der Waals surface area contributed by atoms with Crippen molar-refractivity contribution in [2.24, 2.45) is 0 Å². The first-order valence-corrected chi connectivity index (χ1v) is 7.05. The van der Waals surface area contributed by atoms with Gasteiger partial charge in [-0.15, -0.1) is 0 Å². The van der Waals surface area contributed by atoms with Crippen LogP contribution < -0.4 is 5.32 Å². The Morgan fingerprint density at radius 1 is 1.11 bits per heavy atom. The van der Waals surface area contributed by atoms with Gasteiger partial charge in [-0.25, -0.2) is 0 Å². The molecule has 6 nitrogen and oxygen atoms in total. The molecule has 0 bridgehead atoms. The number of nitrogens with zero attached hydrogens (tertiary/aromatic N) is 3. The number of carbonyl (C=O) groups is 2. The first kappa shape index (κ1) is 14.3. The zero-order valence-electron chi connectivity index (χ0n) is 11.9. The van der Waals surface area contributed by atoms with Crippen molar-refractivity contribution in [1.29, 1.82) is 0 Å². The minimum atomic E-state index is 0.0551. The molecule has 19 heavy (non-hydrogen) atoms. The number of likely N-dealkylation sites (tertiary alicyclic amines) is 1. The zero-order chi connectivity index (χ0) is 13.8. The summed E-state index contributed by atoms with van der Waals surface area (Å²) < 4.78 is 0. The standard InChI is InChI=1S/C13H24N4O2/c1-14-10-12(18)16-6-8-17(9-7-16)13(19)11-4-3-5-15(11)2/h11,14H,3-10H2,1-2H3. The van der Waals surface area contributed by atoms with Crippen LogP contribution in [0.1, 0.15) is 12.8 Å². The van der Waals surface area contributed by atoms with Crippen LogP contribution in [0.3, 0.4) is 0 Å². The van der Waals surface area contributed by atoms with E-state index in [1.807, 2.05) is 16.8 Å². The lowest BCUT2D eigenvalue weighted by Crippen LogP contribution is -2.55. The summed E-state index contributed by atoms with van der Waals surface area (Å²) in [6.45, 7) is 4.03. The molecule has 1 unspecified atom stereocenters. The highest BCUT2D eigenvalue weighted by atomic mass is 16.2. The van der Waals surface area contributed by atoms with E-state index < -0.39 is 0 Å². The minimum absolute atomic E-state index is 0.0551. The van der Waals surface area contributed by atoms with Crippen LogP contribution in [-0.2, 0) is 9.59 Å². The highest BCUT2D eigenvalue weighted by molar-refractivity contribution is 5.83. The summed E-state index contributed by atoms with van der Waals surface area (Å²) in [7, 11) is 3.79. The van der Waals surface area contributed by atoms with Gasteiger partial charge in [0.05, 0.1) is 12.6 Å². The summed E-state index contributed by atoms with van der Waals surface area (Å²) in [5.41, 5.74) is 0. The third-order valence-electron chi connectivity index (χ3n) is 4.08. The molecular formula is C13H24N4O2. The molecule has 2 rings (SSSR count). The van der Waals surface area contributed by atoms with E-state index in [1.165, 1.54) is 0 Å². The summed E-state index contributed by atoms with van der Waals surface area (Å²) in [6, 6.07) is 0.0551. The molecule has 2 fully saturated rings. The van der Waals surface area contributed by atoms with Crippen LogP contribution in [0, 0.1) is 0 Å². The second-order valence-corrected chi connectivity index (χ2v) is 5.38. The molecule has 0 saturated carbocycles. The monoisotopic (exact) mass is 268 g/mol. The van der Waals surface area contributed by atoms with E-state index in [0.717, 1.165) is 19.4 Å². The van der Waals surface area contributed by atoms with Gasteiger partial charge in [-0.1, -0.05) is 0 Å². The van der Waals surface area contributed by atoms with Crippen molar-refractivity contribution in [3.8, 4) is 0 Å². The van der Waals surface area contributed by atoms with E-state index in [0.29, 0.717) is 32.7 Å². The van der Waals surface area contributed by atoms with Crippen LogP contribution in [0.15, 0.2) is 0 Å². The highest BCUT2D eigenvalue weighted by Crippen LogP contribution is 2.18. The number of likely N-dealkylation sites (N-methyl/N-ethyl adjacent to an activating group) is 2. The van der Waals surface area contributed by atoms with E-state index >= 15 is 0 Å². The van der Waals surface area contributed by atoms with E-state index in [4.69, 9.17) is 0 Å². The normalized spacial score (nSPS) is 24.8. The summed E-state index contributed by atoms with van der Waals surface area (Å²) in [6.07, 6.45) is 2.07. The Morgan fingerprint density at radius 2 is 1.74 bits per heavy atom. The molecule has 0 aromatic carbocycles. The van der Waals surface area contributed by atoms with Gasteiger partial charge < -0.3 is 15.1 Å². The summed E-state index contributed by atoms with van der Waals surface area (Å²) in [4.78, 5) is 30.0. The van der Waals surface area contributed by atoms with Crippen LogP contribution in [-0.4, -0.2) is 85.9 Å². The highest BCUT2D eigenvalue weighted by Gasteiger charge is 2.33. The molecule has 108 valence electrons. The Bertz CT molecular complexity index is 340. The summed E-state index contributed by atoms with van der Waals surface area (Å²) >= 11 is 0. The molecule has 6 heteroatoms. The van der Waals surface area contributed by atoms with Gasteiger partial charge in [0.1, 0.15) is 0 Å². The maximum Gasteiger partial charge on any atom is 0.240 e. The molecule has 2 heterocycles. The fourth-order valence-electron chi connectivity index (χ4n) is 2.87. The SMILES string of the molecule is CNCC(=O)N1CCN(C(=O)C2CCCN2C)CC1. The van der Waals surface area contributed by atoms with Crippen LogP contribution in [0.25, 0.3) is 0 Å². The fraction of sp³-hybridized carbons (Fsp3) is 0.846. The largest absolute Gasteiger partial charge is 0.338 e. The third-order valence-corrected chi connectivity index (χ3v) is 4.08. The summed E-state index contributed by atoms with van der Waals surface area (Å²) in [5, 5.41) is 2.87. The number of carbonyl (C=O) groups excluding carboxylic acids is 2. The Hall–Kier alpha value is -1.14.